The summed E-state index contributed by atoms with van der Waals surface area (Å²) >= 11 is 6.50. The van der Waals surface area contributed by atoms with Gasteiger partial charge < -0.3 is 4.74 Å². The molecule has 0 spiro atoms. The first-order valence-corrected chi connectivity index (χ1v) is 7.17. The summed E-state index contributed by atoms with van der Waals surface area (Å²) in [5.41, 5.74) is 2.31. The lowest BCUT2D eigenvalue weighted by molar-refractivity contribution is -0.127. The highest BCUT2D eigenvalue weighted by Crippen LogP contribution is 2.35. The maximum Gasteiger partial charge on any atom is 0.260 e. The van der Waals surface area contributed by atoms with Gasteiger partial charge in [0, 0.05) is 25.1 Å². The molecule has 2 heterocycles. The van der Waals surface area contributed by atoms with Crippen molar-refractivity contribution in [2.45, 2.75) is 18.2 Å². The van der Waals surface area contributed by atoms with Gasteiger partial charge in [0.15, 0.2) is 0 Å². The van der Waals surface area contributed by atoms with E-state index in [0.29, 0.717) is 12.2 Å². The first kappa shape index (κ1) is 13.6. The van der Waals surface area contributed by atoms with E-state index in [9.17, 15) is 9.59 Å². The minimum Gasteiger partial charge on any atom is -0.381 e. The second kappa shape index (κ2) is 5.19. The number of hydrogen-bond acceptors (Lipinski definition) is 3. The van der Waals surface area contributed by atoms with Crippen molar-refractivity contribution in [3.8, 4) is 0 Å². The van der Waals surface area contributed by atoms with Crippen molar-refractivity contribution in [3.63, 3.8) is 0 Å². The monoisotopic (exact) mass is 293 g/mol. The Balaban J connectivity index is 1.92. The average molecular weight is 294 g/mol. The molecule has 1 fully saturated rings. The Morgan fingerprint density at radius 1 is 1.40 bits per heavy atom. The zero-order valence-corrected chi connectivity index (χ0v) is 12.0. The highest BCUT2D eigenvalue weighted by Gasteiger charge is 2.30. The van der Waals surface area contributed by atoms with Crippen molar-refractivity contribution in [3.05, 3.63) is 34.9 Å². The molecule has 1 saturated heterocycles. The zero-order valence-electron chi connectivity index (χ0n) is 11.3. The van der Waals surface area contributed by atoms with E-state index < -0.39 is 0 Å². The van der Waals surface area contributed by atoms with Gasteiger partial charge in [0.1, 0.15) is 0 Å². The largest absolute Gasteiger partial charge is 0.381 e. The molecule has 0 bridgehead atoms. The van der Waals surface area contributed by atoms with Crippen LogP contribution in [0, 0.1) is 5.92 Å². The quantitative estimate of drug-likeness (QED) is 0.620. The normalized spacial score (nSPS) is 23.9. The van der Waals surface area contributed by atoms with Crippen LogP contribution in [0.25, 0.3) is 0 Å². The first-order chi connectivity index (χ1) is 9.58. The molecule has 0 saturated carbocycles. The lowest BCUT2D eigenvalue weighted by atomic mass is 9.92. The van der Waals surface area contributed by atoms with E-state index in [4.69, 9.17) is 16.3 Å². The SMILES string of the molecule is CN1C(=O)Cc2ccc(C(Cl)C3CCOC3)cc2C1=O. The van der Waals surface area contributed by atoms with Gasteiger partial charge in [0.25, 0.3) is 5.91 Å². The van der Waals surface area contributed by atoms with Crippen molar-refractivity contribution in [2.24, 2.45) is 5.92 Å². The van der Waals surface area contributed by atoms with E-state index in [1.807, 2.05) is 18.2 Å². The number of alkyl halides is 1. The molecule has 20 heavy (non-hydrogen) atoms. The molecule has 2 aliphatic rings. The van der Waals surface area contributed by atoms with Crippen molar-refractivity contribution < 1.29 is 14.3 Å². The van der Waals surface area contributed by atoms with Crippen LogP contribution < -0.4 is 0 Å². The predicted octanol–water partition coefficient (Wildman–Crippen LogP) is 2.16. The zero-order chi connectivity index (χ0) is 14.3. The fourth-order valence-corrected chi connectivity index (χ4v) is 3.08. The predicted molar refractivity (Wildman–Crippen MR) is 74.8 cm³/mol. The van der Waals surface area contributed by atoms with Crippen molar-refractivity contribution >= 4 is 23.4 Å². The summed E-state index contributed by atoms with van der Waals surface area (Å²) in [5, 5.41) is -0.154. The summed E-state index contributed by atoms with van der Waals surface area (Å²) in [4.78, 5) is 25.0. The van der Waals surface area contributed by atoms with Crippen LogP contribution in [0.4, 0.5) is 0 Å². The van der Waals surface area contributed by atoms with E-state index in [-0.39, 0.29) is 29.5 Å². The Hall–Kier alpha value is -1.39. The maximum atomic E-state index is 12.2. The fraction of sp³-hybridized carbons (Fsp3) is 0.467. The first-order valence-electron chi connectivity index (χ1n) is 6.73. The van der Waals surface area contributed by atoms with Crippen LogP contribution in [0.5, 0.6) is 0 Å². The summed E-state index contributed by atoms with van der Waals surface area (Å²) < 4.78 is 5.36. The number of ether oxygens (including phenoxy) is 1. The number of hydrogen-bond donors (Lipinski definition) is 0. The van der Waals surface area contributed by atoms with Crippen molar-refractivity contribution in [2.75, 3.05) is 20.3 Å². The Labute approximate surface area is 122 Å². The molecule has 2 unspecified atom stereocenters. The number of carbonyl (C=O) groups excluding carboxylic acids is 2. The number of imide groups is 1. The Bertz CT molecular complexity index is 566. The Morgan fingerprint density at radius 2 is 2.20 bits per heavy atom. The van der Waals surface area contributed by atoms with E-state index in [1.165, 1.54) is 11.9 Å². The molecule has 3 rings (SSSR count). The smallest absolute Gasteiger partial charge is 0.260 e. The lowest BCUT2D eigenvalue weighted by Gasteiger charge is -2.25. The highest BCUT2D eigenvalue weighted by molar-refractivity contribution is 6.21. The molecule has 106 valence electrons. The lowest BCUT2D eigenvalue weighted by Crippen LogP contribution is -2.39. The molecule has 0 N–H and O–H groups in total. The van der Waals surface area contributed by atoms with Crippen LogP contribution >= 0.6 is 11.6 Å². The summed E-state index contributed by atoms with van der Waals surface area (Å²) in [6, 6.07) is 5.59. The van der Waals surface area contributed by atoms with Crippen LogP contribution in [0.3, 0.4) is 0 Å². The second-order valence-electron chi connectivity index (χ2n) is 5.38. The second-order valence-corrected chi connectivity index (χ2v) is 5.85. The number of carbonyl (C=O) groups is 2. The molecule has 5 heteroatoms. The number of halogens is 1. The van der Waals surface area contributed by atoms with E-state index in [2.05, 4.69) is 0 Å². The van der Waals surface area contributed by atoms with Gasteiger partial charge in [-0.25, -0.2) is 0 Å². The Kier molecular flexibility index (Phi) is 3.52. The van der Waals surface area contributed by atoms with Gasteiger partial charge in [0.2, 0.25) is 5.91 Å². The van der Waals surface area contributed by atoms with Crippen LogP contribution in [0.15, 0.2) is 18.2 Å². The third kappa shape index (κ3) is 2.23. The summed E-state index contributed by atoms with van der Waals surface area (Å²) in [7, 11) is 1.52. The van der Waals surface area contributed by atoms with Crippen LogP contribution in [0.2, 0.25) is 0 Å². The third-order valence-corrected chi connectivity index (χ3v) is 4.69. The van der Waals surface area contributed by atoms with Gasteiger partial charge in [-0.3, -0.25) is 14.5 Å². The molecule has 2 amide bonds. The van der Waals surface area contributed by atoms with Gasteiger partial charge in [-0.05, 0) is 23.6 Å². The summed E-state index contributed by atoms with van der Waals surface area (Å²) in [6.07, 6.45) is 1.22. The molecule has 2 aliphatic heterocycles. The molecule has 0 aromatic heterocycles. The van der Waals surface area contributed by atoms with Gasteiger partial charge >= 0.3 is 0 Å². The molecule has 0 radical (unpaired) electrons. The van der Waals surface area contributed by atoms with Gasteiger partial charge in [-0.2, -0.15) is 0 Å². The topological polar surface area (TPSA) is 46.6 Å². The number of nitrogens with zero attached hydrogens (tertiary/aromatic N) is 1. The molecule has 2 atom stereocenters. The van der Waals surface area contributed by atoms with E-state index in [1.54, 1.807) is 0 Å². The van der Waals surface area contributed by atoms with Crippen molar-refractivity contribution in [1.82, 2.24) is 4.90 Å². The van der Waals surface area contributed by atoms with Crippen LogP contribution in [-0.2, 0) is 16.0 Å². The Morgan fingerprint density at radius 3 is 2.90 bits per heavy atom. The highest BCUT2D eigenvalue weighted by atomic mass is 35.5. The van der Waals surface area contributed by atoms with Crippen molar-refractivity contribution in [1.29, 1.82) is 0 Å². The molecular formula is C15H16ClNO3. The minimum absolute atomic E-state index is 0.154. The summed E-state index contributed by atoms with van der Waals surface area (Å²) in [6.45, 7) is 1.41. The average Bonchev–Trinajstić information content (AvgIpc) is 2.98. The van der Waals surface area contributed by atoms with Gasteiger partial charge in [-0.1, -0.05) is 12.1 Å². The summed E-state index contributed by atoms with van der Waals surface area (Å²) in [5.74, 6) is -0.126. The number of amides is 2. The standard InChI is InChI=1S/C15H16ClNO3/c1-17-13(18)7-9-2-3-10(6-12(9)15(17)19)14(16)11-4-5-20-8-11/h2-3,6,11,14H,4-5,7-8H2,1H3. The third-order valence-electron chi connectivity index (χ3n) is 4.08. The minimum atomic E-state index is -0.246. The van der Waals surface area contributed by atoms with Crippen LogP contribution in [-0.4, -0.2) is 37.0 Å². The van der Waals surface area contributed by atoms with E-state index >= 15 is 0 Å². The van der Waals surface area contributed by atoms with E-state index in [0.717, 1.165) is 24.2 Å². The molecule has 0 aliphatic carbocycles. The molecule has 1 aromatic rings. The van der Waals surface area contributed by atoms with Gasteiger partial charge in [0.05, 0.1) is 18.4 Å². The number of rotatable bonds is 2. The maximum absolute atomic E-state index is 12.2. The van der Waals surface area contributed by atoms with Crippen LogP contribution in [0.1, 0.15) is 33.3 Å². The molecule has 1 aromatic carbocycles. The fourth-order valence-electron chi connectivity index (χ4n) is 2.75. The number of fused-ring (bicyclic) bond motifs is 1. The molecular weight excluding hydrogens is 278 g/mol. The van der Waals surface area contributed by atoms with Gasteiger partial charge in [-0.15, -0.1) is 11.6 Å². The molecule has 4 nitrogen and oxygen atoms in total. The number of likely N-dealkylation sites (N-methyl/N-ethyl adjacent to an activating group) is 1. The number of benzene rings is 1.